The fourth-order valence-electron chi connectivity index (χ4n) is 7.12. The van der Waals surface area contributed by atoms with E-state index in [1.165, 1.54) is 10.8 Å². The maximum absolute atomic E-state index is 6.47. The smallest absolute Gasteiger partial charge is 0.162 e. The van der Waals surface area contributed by atoms with E-state index in [2.05, 4.69) is 87.8 Å². The van der Waals surface area contributed by atoms with E-state index in [-0.39, 0.29) is 0 Å². The maximum Gasteiger partial charge on any atom is 0.162 e. The highest BCUT2D eigenvalue weighted by Gasteiger charge is 2.20. The molecule has 6 aromatic carbocycles. The minimum atomic E-state index is 0.575. The van der Waals surface area contributed by atoms with E-state index in [1.807, 2.05) is 60.7 Å². The lowest BCUT2D eigenvalue weighted by atomic mass is 10.0. The Balaban J connectivity index is 1.37. The van der Waals surface area contributed by atoms with Crippen LogP contribution in [0, 0.1) is 0 Å². The van der Waals surface area contributed by atoms with Gasteiger partial charge < -0.3 is 0 Å². The van der Waals surface area contributed by atoms with Crippen molar-refractivity contribution in [2.24, 2.45) is 0 Å². The number of hydrogen-bond acceptors (Lipinski definition) is 3. The summed E-state index contributed by atoms with van der Waals surface area (Å²) in [7, 11) is 0. The molecule has 0 saturated heterocycles. The zero-order chi connectivity index (χ0) is 31.9. The molecule has 5 nitrogen and oxygen atoms in total. The molecule has 0 unspecified atom stereocenters. The van der Waals surface area contributed by atoms with Gasteiger partial charge in [0.05, 0.1) is 33.3 Å². The van der Waals surface area contributed by atoms with Gasteiger partial charge >= 0.3 is 0 Å². The van der Waals surface area contributed by atoms with Crippen molar-refractivity contribution in [3.8, 4) is 28.5 Å². The van der Waals surface area contributed by atoms with Gasteiger partial charge in [0.15, 0.2) is 5.82 Å². The summed E-state index contributed by atoms with van der Waals surface area (Å²) >= 11 is 12.9. The highest BCUT2D eigenvalue weighted by Crippen LogP contribution is 2.39. The molecular formula is C41H23Cl2N5. The van der Waals surface area contributed by atoms with E-state index in [1.54, 1.807) is 0 Å². The first-order chi connectivity index (χ1) is 23.6. The van der Waals surface area contributed by atoms with Crippen molar-refractivity contribution in [1.29, 1.82) is 0 Å². The number of hydrogen-bond donors (Lipinski definition) is 0. The van der Waals surface area contributed by atoms with Crippen LogP contribution in [0.1, 0.15) is 0 Å². The van der Waals surface area contributed by atoms with Crippen LogP contribution < -0.4 is 0 Å². The number of fused-ring (bicyclic) bond motifs is 11. The summed E-state index contributed by atoms with van der Waals surface area (Å²) in [6.45, 7) is 0. The molecule has 0 spiro atoms. The fraction of sp³-hybridized carbons (Fsp3) is 0. The number of nitrogens with zero attached hydrogens (tertiary/aromatic N) is 5. The Hall–Kier alpha value is -5.75. The second kappa shape index (κ2) is 10.4. The third-order valence-electron chi connectivity index (χ3n) is 9.19. The predicted molar refractivity (Wildman–Crippen MR) is 199 cm³/mol. The molecular weight excluding hydrogens is 633 g/mol. The maximum atomic E-state index is 6.47. The highest BCUT2D eigenvalue weighted by molar-refractivity contribution is 6.31. The van der Waals surface area contributed by atoms with Crippen LogP contribution in [-0.2, 0) is 0 Å². The van der Waals surface area contributed by atoms with Crippen LogP contribution in [0.25, 0.3) is 88.6 Å². The lowest BCUT2D eigenvalue weighted by Gasteiger charge is -2.13. The zero-order valence-electron chi connectivity index (χ0n) is 25.3. The Kier molecular flexibility index (Phi) is 5.92. The van der Waals surface area contributed by atoms with Crippen LogP contribution >= 0.6 is 23.2 Å². The van der Waals surface area contributed by atoms with E-state index < -0.39 is 0 Å². The van der Waals surface area contributed by atoms with E-state index in [0.29, 0.717) is 15.9 Å². The summed E-state index contributed by atoms with van der Waals surface area (Å²) in [6.07, 6.45) is 0. The Morgan fingerprint density at radius 2 is 1.10 bits per heavy atom. The minimum Gasteiger partial charge on any atom is -0.294 e. The van der Waals surface area contributed by atoms with Gasteiger partial charge in [0.1, 0.15) is 11.5 Å². The molecule has 0 bridgehead atoms. The number of rotatable bonds is 3. The topological polar surface area (TPSA) is 48.0 Å². The molecule has 0 radical (unpaired) electrons. The van der Waals surface area contributed by atoms with E-state index in [9.17, 15) is 0 Å². The molecule has 0 atom stereocenters. The molecule has 10 aromatic rings. The Labute approximate surface area is 284 Å². The van der Waals surface area contributed by atoms with Crippen LogP contribution in [0.3, 0.4) is 0 Å². The van der Waals surface area contributed by atoms with Crippen LogP contribution in [0.4, 0.5) is 0 Å². The molecule has 0 aliphatic rings. The van der Waals surface area contributed by atoms with Gasteiger partial charge in [0, 0.05) is 48.8 Å². The third-order valence-corrected chi connectivity index (χ3v) is 9.66. The van der Waals surface area contributed by atoms with E-state index in [4.69, 9.17) is 38.2 Å². The third kappa shape index (κ3) is 4.08. The van der Waals surface area contributed by atoms with Crippen molar-refractivity contribution in [1.82, 2.24) is 23.9 Å². The number of aromatic nitrogens is 5. The Morgan fingerprint density at radius 1 is 0.438 bits per heavy atom. The second-order valence-electron chi connectivity index (χ2n) is 12.0. The first kappa shape index (κ1) is 27.4. The first-order valence-electron chi connectivity index (χ1n) is 15.7. The van der Waals surface area contributed by atoms with Gasteiger partial charge in [-0.25, -0.2) is 15.0 Å². The average molecular weight is 657 g/mol. The normalized spacial score (nSPS) is 12.0. The summed E-state index contributed by atoms with van der Waals surface area (Å²) in [5.74, 6) is 1.32. The number of pyridine rings is 1. The molecule has 0 aliphatic heterocycles. The lowest BCUT2D eigenvalue weighted by molar-refractivity contribution is 1.05. The van der Waals surface area contributed by atoms with Crippen molar-refractivity contribution in [3.05, 3.63) is 150 Å². The predicted octanol–water partition coefficient (Wildman–Crippen LogP) is 11.3. The second-order valence-corrected chi connectivity index (χ2v) is 12.9. The molecule has 4 aromatic heterocycles. The van der Waals surface area contributed by atoms with Crippen LogP contribution in [-0.4, -0.2) is 23.9 Å². The first-order valence-corrected chi connectivity index (χ1v) is 16.4. The van der Waals surface area contributed by atoms with Gasteiger partial charge in [0.2, 0.25) is 0 Å². The SMILES string of the molecule is Clc1cccc(-c2cc(-n3c4ccccc4c4cc5c6ccccc6c6nc7ccccc7n6c5cc43)nc(-c3cccc(Cl)c3)n2)c1. The van der Waals surface area contributed by atoms with Crippen molar-refractivity contribution in [3.63, 3.8) is 0 Å². The van der Waals surface area contributed by atoms with Gasteiger partial charge in [0.25, 0.3) is 0 Å². The molecule has 48 heavy (non-hydrogen) atoms. The molecule has 0 amide bonds. The Bertz CT molecular complexity index is 2880. The molecule has 0 aliphatic carbocycles. The molecule has 7 heteroatoms. The van der Waals surface area contributed by atoms with Crippen LogP contribution in [0.5, 0.6) is 0 Å². The average Bonchev–Trinajstić information content (AvgIpc) is 3.67. The van der Waals surface area contributed by atoms with Gasteiger partial charge in [-0.15, -0.1) is 0 Å². The number of halogens is 2. The van der Waals surface area contributed by atoms with Crippen LogP contribution in [0.2, 0.25) is 10.0 Å². The summed E-state index contributed by atoms with van der Waals surface area (Å²) < 4.78 is 4.54. The molecule has 0 fully saturated rings. The Morgan fingerprint density at radius 3 is 1.92 bits per heavy atom. The summed E-state index contributed by atoms with van der Waals surface area (Å²) in [6, 6.07) is 47.5. The van der Waals surface area contributed by atoms with Crippen molar-refractivity contribution in [2.45, 2.75) is 0 Å². The van der Waals surface area contributed by atoms with Crippen molar-refractivity contribution < 1.29 is 0 Å². The number of para-hydroxylation sites is 3. The quantitative estimate of drug-likeness (QED) is 0.178. The highest BCUT2D eigenvalue weighted by atomic mass is 35.5. The minimum absolute atomic E-state index is 0.575. The summed E-state index contributed by atoms with van der Waals surface area (Å²) in [5.41, 5.74) is 8.62. The lowest BCUT2D eigenvalue weighted by Crippen LogP contribution is -2.03. The van der Waals surface area contributed by atoms with Crippen molar-refractivity contribution in [2.75, 3.05) is 0 Å². The molecule has 4 heterocycles. The molecule has 0 N–H and O–H groups in total. The van der Waals surface area contributed by atoms with E-state index >= 15 is 0 Å². The van der Waals surface area contributed by atoms with Gasteiger partial charge in [-0.2, -0.15) is 0 Å². The summed E-state index contributed by atoms with van der Waals surface area (Å²) in [5, 5.41) is 7.00. The van der Waals surface area contributed by atoms with Gasteiger partial charge in [-0.3, -0.25) is 8.97 Å². The standard InChI is InChI=1S/C41H23Cl2N5/c42-26-11-7-9-24(19-26)34-22-39(46-40(44-34)25-10-8-12-27(43)20-25)47-35-17-5-3-14-29(35)32-21-31-28-13-1-2-15-30(28)41-45-33-16-4-6-18-36(33)48(41)38(31)23-37(32)47/h1-23H. The summed E-state index contributed by atoms with van der Waals surface area (Å²) in [4.78, 5) is 15.3. The van der Waals surface area contributed by atoms with Gasteiger partial charge in [-0.1, -0.05) is 102 Å². The molecule has 10 rings (SSSR count). The number of imidazole rings is 1. The largest absolute Gasteiger partial charge is 0.294 e. The van der Waals surface area contributed by atoms with Crippen molar-refractivity contribution >= 4 is 83.4 Å². The monoisotopic (exact) mass is 655 g/mol. The number of benzene rings is 6. The zero-order valence-corrected chi connectivity index (χ0v) is 26.8. The molecule has 0 saturated carbocycles. The van der Waals surface area contributed by atoms with E-state index in [0.717, 1.165) is 72.0 Å². The molecule has 226 valence electrons. The fourth-order valence-corrected chi connectivity index (χ4v) is 7.50. The van der Waals surface area contributed by atoms with Crippen LogP contribution in [0.15, 0.2) is 140 Å². The van der Waals surface area contributed by atoms with Gasteiger partial charge in [-0.05, 0) is 60.0 Å².